The molecule has 2 aromatic rings. The highest BCUT2D eigenvalue weighted by Crippen LogP contribution is 2.19. The number of carbonyl (C=O) groups is 1. The molecule has 0 radical (unpaired) electrons. The zero-order valence-corrected chi connectivity index (χ0v) is 8.86. The number of aromatic nitrogens is 2. The molecule has 0 amide bonds. The first-order chi connectivity index (χ1) is 7.69. The second kappa shape index (κ2) is 4.22. The van der Waals surface area contributed by atoms with E-state index in [9.17, 15) is 4.79 Å². The van der Waals surface area contributed by atoms with Crippen molar-refractivity contribution < 1.29 is 14.6 Å². The number of nitrogens with one attached hydrogen (secondary N) is 1. The molecule has 0 atom stereocenters. The fourth-order valence-corrected chi connectivity index (χ4v) is 1.52. The SMILES string of the molecule is CCOc1ccc2nc(CC(=O)O)[nH]c2c1. The minimum absolute atomic E-state index is 0.0986. The Morgan fingerprint density at radius 1 is 1.56 bits per heavy atom. The van der Waals surface area contributed by atoms with Gasteiger partial charge < -0.3 is 14.8 Å². The highest BCUT2D eigenvalue weighted by molar-refractivity contribution is 5.78. The van der Waals surface area contributed by atoms with Crippen molar-refractivity contribution in [3.63, 3.8) is 0 Å². The maximum Gasteiger partial charge on any atom is 0.311 e. The molecule has 0 aliphatic rings. The minimum atomic E-state index is -0.899. The van der Waals surface area contributed by atoms with Gasteiger partial charge in [0.2, 0.25) is 0 Å². The lowest BCUT2D eigenvalue weighted by molar-refractivity contribution is -0.136. The Labute approximate surface area is 92.1 Å². The maximum absolute atomic E-state index is 10.5. The molecule has 0 aliphatic heterocycles. The van der Waals surface area contributed by atoms with Crippen molar-refractivity contribution in [1.29, 1.82) is 0 Å². The number of fused-ring (bicyclic) bond motifs is 1. The second-order valence-electron chi connectivity index (χ2n) is 3.37. The summed E-state index contributed by atoms with van der Waals surface area (Å²) in [4.78, 5) is 17.6. The van der Waals surface area contributed by atoms with E-state index in [-0.39, 0.29) is 6.42 Å². The Bertz CT molecular complexity index is 519. The molecule has 0 fully saturated rings. The molecule has 0 bridgehead atoms. The average molecular weight is 220 g/mol. The molecular formula is C11H12N2O3. The molecule has 1 heterocycles. The molecular weight excluding hydrogens is 208 g/mol. The third-order valence-corrected chi connectivity index (χ3v) is 2.13. The summed E-state index contributed by atoms with van der Waals surface area (Å²) >= 11 is 0. The Hall–Kier alpha value is -2.04. The van der Waals surface area contributed by atoms with Gasteiger partial charge in [-0.25, -0.2) is 4.98 Å². The van der Waals surface area contributed by atoms with Gasteiger partial charge in [0, 0.05) is 6.07 Å². The zero-order chi connectivity index (χ0) is 11.5. The molecule has 16 heavy (non-hydrogen) atoms. The molecule has 5 nitrogen and oxygen atoms in total. The number of hydrogen-bond acceptors (Lipinski definition) is 3. The number of carboxylic acids is 1. The number of ether oxygens (including phenoxy) is 1. The quantitative estimate of drug-likeness (QED) is 0.820. The number of hydrogen-bond donors (Lipinski definition) is 2. The predicted octanol–water partition coefficient (Wildman–Crippen LogP) is 1.59. The monoisotopic (exact) mass is 220 g/mol. The number of aromatic amines is 1. The van der Waals surface area contributed by atoms with Crippen molar-refractivity contribution >= 4 is 17.0 Å². The lowest BCUT2D eigenvalue weighted by Gasteiger charge is -2.00. The molecule has 2 rings (SSSR count). The second-order valence-corrected chi connectivity index (χ2v) is 3.37. The molecule has 0 saturated heterocycles. The van der Waals surface area contributed by atoms with Gasteiger partial charge >= 0.3 is 5.97 Å². The van der Waals surface area contributed by atoms with Crippen LogP contribution in [0.5, 0.6) is 5.75 Å². The molecule has 5 heteroatoms. The summed E-state index contributed by atoms with van der Waals surface area (Å²) in [7, 11) is 0. The molecule has 0 saturated carbocycles. The van der Waals surface area contributed by atoms with Crippen LogP contribution in [0.3, 0.4) is 0 Å². The molecule has 0 spiro atoms. The fraction of sp³-hybridized carbons (Fsp3) is 0.273. The highest BCUT2D eigenvalue weighted by Gasteiger charge is 2.07. The van der Waals surface area contributed by atoms with E-state index in [1.54, 1.807) is 0 Å². The third-order valence-electron chi connectivity index (χ3n) is 2.13. The van der Waals surface area contributed by atoms with Crippen LogP contribution >= 0.6 is 0 Å². The standard InChI is InChI=1S/C11H12N2O3/c1-2-16-7-3-4-8-9(5-7)13-10(12-8)6-11(14)15/h3-5H,2,6H2,1H3,(H,12,13)(H,14,15). The first kappa shape index (κ1) is 10.5. The number of benzene rings is 1. The van der Waals surface area contributed by atoms with Crippen molar-refractivity contribution in [3.05, 3.63) is 24.0 Å². The summed E-state index contributed by atoms with van der Waals surface area (Å²) in [5.41, 5.74) is 1.54. The van der Waals surface area contributed by atoms with Crippen molar-refractivity contribution in [1.82, 2.24) is 9.97 Å². The van der Waals surface area contributed by atoms with E-state index in [0.29, 0.717) is 12.4 Å². The summed E-state index contributed by atoms with van der Waals surface area (Å²) < 4.78 is 5.34. The van der Waals surface area contributed by atoms with Gasteiger partial charge in [-0.15, -0.1) is 0 Å². The van der Waals surface area contributed by atoms with Gasteiger partial charge in [0.25, 0.3) is 0 Å². The fourth-order valence-electron chi connectivity index (χ4n) is 1.52. The average Bonchev–Trinajstić information content (AvgIpc) is 2.58. The normalized spacial score (nSPS) is 10.6. The number of H-pyrrole nitrogens is 1. The first-order valence-corrected chi connectivity index (χ1v) is 5.02. The number of rotatable bonds is 4. The summed E-state index contributed by atoms with van der Waals surface area (Å²) in [6.45, 7) is 2.51. The van der Waals surface area contributed by atoms with Crippen molar-refractivity contribution in [2.75, 3.05) is 6.61 Å². The Balaban J connectivity index is 2.34. The maximum atomic E-state index is 10.5. The summed E-state index contributed by atoms with van der Waals surface area (Å²) in [6.07, 6.45) is -0.0986. The van der Waals surface area contributed by atoms with Crippen LogP contribution in [0.25, 0.3) is 11.0 Å². The number of carboxylic acid groups (broad SMARTS) is 1. The third kappa shape index (κ3) is 2.13. The van der Waals surface area contributed by atoms with Gasteiger partial charge in [-0.2, -0.15) is 0 Å². The van der Waals surface area contributed by atoms with Gasteiger partial charge in [0.15, 0.2) is 0 Å². The lowest BCUT2D eigenvalue weighted by Crippen LogP contribution is -2.01. The van der Waals surface area contributed by atoms with E-state index in [1.807, 2.05) is 25.1 Å². The zero-order valence-electron chi connectivity index (χ0n) is 8.86. The molecule has 1 aromatic carbocycles. The minimum Gasteiger partial charge on any atom is -0.494 e. The smallest absolute Gasteiger partial charge is 0.311 e. The van der Waals surface area contributed by atoms with Gasteiger partial charge in [-0.3, -0.25) is 4.79 Å². The van der Waals surface area contributed by atoms with Crippen molar-refractivity contribution in [2.45, 2.75) is 13.3 Å². The number of nitrogens with zero attached hydrogens (tertiary/aromatic N) is 1. The van der Waals surface area contributed by atoms with Gasteiger partial charge in [-0.1, -0.05) is 0 Å². The summed E-state index contributed by atoms with van der Waals surface area (Å²) in [6, 6.07) is 5.44. The van der Waals surface area contributed by atoms with Crippen LogP contribution in [0.4, 0.5) is 0 Å². The van der Waals surface area contributed by atoms with Gasteiger partial charge in [0.05, 0.1) is 17.6 Å². The van der Waals surface area contributed by atoms with Gasteiger partial charge in [-0.05, 0) is 19.1 Å². The largest absolute Gasteiger partial charge is 0.494 e. The molecule has 0 unspecified atom stereocenters. The number of aliphatic carboxylic acids is 1. The van der Waals surface area contributed by atoms with E-state index in [0.717, 1.165) is 16.8 Å². The summed E-state index contributed by atoms with van der Waals surface area (Å²) in [5.74, 6) is 0.306. The van der Waals surface area contributed by atoms with Crippen molar-refractivity contribution in [3.8, 4) is 5.75 Å². The van der Waals surface area contributed by atoms with Crippen LogP contribution < -0.4 is 4.74 Å². The van der Waals surface area contributed by atoms with Crippen LogP contribution in [0, 0.1) is 0 Å². The van der Waals surface area contributed by atoms with E-state index in [4.69, 9.17) is 9.84 Å². The topological polar surface area (TPSA) is 75.2 Å². The molecule has 1 aromatic heterocycles. The first-order valence-electron chi connectivity index (χ1n) is 5.02. The van der Waals surface area contributed by atoms with Crippen molar-refractivity contribution in [2.24, 2.45) is 0 Å². The Morgan fingerprint density at radius 2 is 2.38 bits per heavy atom. The van der Waals surface area contributed by atoms with Crippen LogP contribution in [0.15, 0.2) is 18.2 Å². The summed E-state index contributed by atoms with van der Waals surface area (Å²) in [5, 5.41) is 8.65. The lowest BCUT2D eigenvalue weighted by atomic mass is 10.3. The van der Waals surface area contributed by atoms with Crippen LogP contribution in [-0.2, 0) is 11.2 Å². The Morgan fingerprint density at radius 3 is 3.06 bits per heavy atom. The van der Waals surface area contributed by atoms with E-state index in [2.05, 4.69) is 9.97 Å². The molecule has 2 N–H and O–H groups in total. The van der Waals surface area contributed by atoms with E-state index < -0.39 is 5.97 Å². The predicted molar refractivity (Wildman–Crippen MR) is 58.6 cm³/mol. The van der Waals surface area contributed by atoms with Gasteiger partial charge in [0.1, 0.15) is 18.0 Å². The molecule has 84 valence electrons. The Kier molecular flexibility index (Phi) is 2.76. The van der Waals surface area contributed by atoms with E-state index in [1.165, 1.54) is 0 Å². The number of imidazole rings is 1. The van der Waals surface area contributed by atoms with Crippen LogP contribution in [0.1, 0.15) is 12.7 Å². The van der Waals surface area contributed by atoms with E-state index >= 15 is 0 Å². The highest BCUT2D eigenvalue weighted by atomic mass is 16.5. The van der Waals surface area contributed by atoms with Crippen LogP contribution in [-0.4, -0.2) is 27.7 Å². The molecule has 0 aliphatic carbocycles. The van der Waals surface area contributed by atoms with Crippen LogP contribution in [0.2, 0.25) is 0 Å².